The fourth-order valence-electron chi connectivity index (χ4n) is 2.51. The third-order valence-corrected chi connectivity index (χ3v) is 5.48. The fraction of sp³-hybridized carbons (Fsp3) is 0.368. The highest BCUT2D eigenvalue weighted by atomic mass is 32.2. The van der Waals surface area contributed by atoms with Gasteiger partial charge in [-0.1, -0.05) is 32.0 Å². The number of benzene rings is 2. The van der Waals surface area contributed by atoms with Crippen LogP contribution >= 0.6 is 0 Å². The van der Waals surface area contributed by atoms with Gasteiger partial charge in [0.2, 0.25) is 10.0 Å². The van der Waals surface area contributed by atoms with Gasteiger partial charge < -0.3 is 9.47 Å². The third kappa shape index (κ3) is 5.90. The van der Waals surface area contributed by atoms with E-state index in [0.29, 0.717) is 12.3 Å². The molecule has 0 aromatic heterocycles. The number of alkyl halides is 2. The zero-order valence-corrected chi connectivity index (χ0v) is 16.2. The maximum absolute atomic E-state index is 12.4. The fourth-order valence-corrected chi connectivity index (χ4v) is 3.54. The minimum Gasteiger partial charge on any atom is -0.493 e. The predicted octanol–water partition coefficient (Wildman–Crippen LogP) is 3.94. The third-order valence-electron chi connectivity index (χ3n) is 4.01. The summed E-state index contributed by atoms with van der Waals surface area (Å²) in [6.45, 7) is 1.28. The summed E-state index contributed by atoms with van der Waals surface area (Å²) in [5, 5.41) is 0. The highest BCUT2D eigenvalue weighted by Gasteiger charge is 2.15. The molecule has 0 spiro atoms. The van der Waals surface area contributed by atoms with Crippen molar-refractivity contribution in [2.45, 2.75) is 37.7 Å². The summed E-state index contributed by atoms with van der Waals surface area (Å²) in [5.41, 5.74) is 1.79. The molecule has 2 aromatic rings. The van der Waals surface area contributed by atoms with Gasteiger partial charge >= 0.3 is 6.61 Å². The monoisotopic (exact) mass is 399 g/mol. The van der Waals surface area contributed by atoms with Crippen LogP contribution in [-0.4, -0.2) is 28.7 Å². The second-order valence-corrected chi connectivity index (χ2v) is 8.00. The van der Waals surface area contributed by atoms with Crippen molar-refractivity contribution in [2.24, 2.45) is 0 Å². The van der Waals surface area contributed by atoms with Gasteiger partial charge in [0.25, 0.3) is 0 Å². The van der Waals surface area contributed by atoms with E-state index in [1.54, 1.807) is 36.4 Å². The number of ether oxygens (including phenoxy) is 2. The number of hydrogen-bond acceptors (Lipinski definition) is 4. The lowest BCUT2D eigenvalue weighted by atomic mass is 10.0. The van der Waals surface area contributed by atoms with Crippen molar-refractivity contribution in [1.82, 2.24) is 4.72 Å². The van der Waals surface area contributed by atoms with Crippen LogP contribution in [-0.2, 0) is 16.4 Å². The lowest BCUT2D eigenvalue weighted by molar-refractivity contribution is -0.0512. The van der Waals surface area contributed by atoms with E-state index in [1.165, 1.54) is 13.2 Å². The first-order valence-electron chi connectivity index (χ1n) is 8.44. The predicted molar refractivity (Wildman–Crippen MR) is 99.0 cm³/mol. The van der Waals surface area contributed by atoms with E-state index in [0.717, 1.165) is 11.1 Å². The number of rotatable bonds is 9. The molecular formula is C19H23F2NO4S. The van der Waals surface area contributed by atoms with Crippen LogP contribution in [0.15, 0.2) is 47.4 Å². The molecule has 0 unspecified atom stereocenters. The standard InChI is InChI=1S/C19H23F2NO4S/c1-13(2)15-5-7-16(8-6-15)27(23,24)22-11-10-14-4-9-17(26-19(20)21)18(12-14)25-3/h4-9,12-13,19,22H,10-11H2,1-3H3. The molecule has 8 heteroatoms. The van der Waals surface area contributed by atoms with E-state index >= 15 is 0 Å². The summed E-state index contributed by atoms with van der Waals surface area (Å²) in [6.07, 6.45) is 0.370. The minimum atomic E-state index is -3.62. The minimum absolute atomic E-state index is 0.0675. The van der Waals surface area contributed by atoms with Gasteiger partial charge in [0.15, 0.2) is 11.5 Å². The Hall–Kier alpha value is -2.19. The smallest absolute Gasteiger partial charge is 0.387 e. The van der Waals surface area contributed by atoms with Gasteiger partial charge in [-0.2, -0.15) is 8.78 Å². The molecule has 0 radical (unpaired) electrons. The molecule has 2 rings (SSSR count). The number of methoxy groups -OCH3 is 1. The first-order chi connectivity index (χ1) is 12.7. The average Bonchev–Trinajstić information content (AvgIpc) is 2.62. The first kappa shape index (κ1) is 21.1. The SMILES string of the molecule is COc1cc(CCNS(=O)(=O)c2ccc(C(C)C)cc2)ccc1OC(F)F. The van der Waals surface area contributed by atoms with Crippen molar-refractivity contribution in [1.29, 1.82) is 0 Å². The van der Waals surface area contributed by atoms with E-state index in [9.17, 15) is 17.2 Å². The molecule has 0 aliphatic heterocycles. The molecule has 0 saturated carbocycles. The van der Waals surface area contributed by atoms with Crippen molar-refractivity contribution >= 4 is 10.0 Å². The second-order valence-electron chi connectivity index (χ2n) is 6.24. The molecule has 0 heterocycles. The molecule has 0 bridgehead atoms. The Morgan fingerprint density at radius 3 is 2.26 bits per heavy atom. The second kappa shape index (κ2) is 9.14. The Morgan fingerprint density at radius 1 is 1.04 bits per heavy atom. The van der Waals surface area contributed by atoms with Crippen LogP contribution < -0.4 is 14.2 Å². The maximum atomic E-state index is 12.4. The number of sulfonamides is 1. The van der Waals surface area contributed by atoms with Gasteiger partial charge in [0, 0.05) is 6.54 Å². The number of hydrogen-bond donors (Lipinski definition) is 1. The molecule has 5 nitrogen and oxygen atoms in total. The normalized spacial score (nSPS) is 11.8. The van der Waals surface area contributed by atoms with Crippen molar-refractivity contribution in [3.63, 3.8) is 0 Å². The van der Waals surface area contributed by atoms with Crippen LogP contribution in [0.1, 0.15) is 30.9 Å². The number of halogens is 2. The molecule has 148 valence electrons. The van der Waals surface area contributed by atoms with Gasteiger partial charge in [0.1, 0.15) is 0 Å². The average molecular weight is 399 g/mol. The Bertz CT molecular complexity index is 853. The maximum Gasteiger partial charge on any atom is 0.387 e. The van der Waals surface area contributed by atoms with Crippen molar-refractivity contribution < 1.29 is 26.7 Å². The van der Waals surface area contributed by atoms with Crippen molar-refractivity contribution in [3.05, 3.63) is 53.6 Å². The van der Waals surface area contributed by atoms with Crippen LogP contribution in [0.2, 0.25) is 0 Å². The molecular weight excluding hydrogens is 376 g/mol. The van der Waals surface area contributed by atoms with Gasteiger partial charge in [0.05, 0.1) is 12.0 Å². The lowest BCUT2D eigenvalue weighted by Crippen LogP contribution is -2.26. The first-order valence-corrected chi connectivity index (χ1v) is 9.92. The molecule has 0 fully saturated rings. The van der Waals surface area contributed by atoms with Gasteiger partial charge in [-0.05, 0) is 47.7 Å². The summed E-state index contributed by atoms with van der Waals surface area (Å²) in [5.74, 6) is 0.420. The van der Waals surface area contributed by atoms with E-state index in [2.05, 4.69) is 9.46 Å². The van der Waals surface area contributed by atoms with Crippen LogP contribution in [0.4, 0.5) is 8.78 Å². The van der Waals surface area contributed by atoms with Crippen molar-refractivity contribution in [3.8, 4) is 11.5 Å². The largest absolute Gasteiger partial charge is 0.493 e. The zero-order valence-electron chi connectivity index (χ0n) is 15.4. The van der Waals surface area contributed by atoms with Crippen molar-refractivity contribution in [2.75, 3.05) is 13.7 Å². The molecule has 0 aliphatic carbocycles. The zero-order chi connectivity index (χ0) is 20.0. The van der Waals surface area contributed by atoms with E-state index in [1.807, 2.05) is 13.8 Å². The summed E-state index contributed by atoms with van der Waals surface area (Å²) in [6, 6.07) is 11.3. The Labute approximate surface area is 158 Å². The molecule has 0 saturated heterocycles. The quantitative estimate of drug-likeness (QED) is 0.694. The van der Waals surface area contributed by atoms with Crippen LogP contribution in [0, 0.1) is 0 Å². The summed E-state index contributed by atoms with van der Waals surface area (Å²) in [4.78, 5) is 0.199. The van der Waals surface area contributed by atoms with E-state index in [-0.39, 0.29) is 22.9 Å². The van der Waals surface area contributed by atoms with Gasteiger partial charge in [-0.15, -0.1) is 0 Å². The lowest BCUT2D eigenvalue weighted by Gasteiger charge is -2.12. The highest BCUT2D eigenvalue weighted by Crippen LogP contribution is 2.29. The van der Waals surface area contributed by atoms with Gasteiger partial charge in [-0.25, -0.2) is 13.1 Å². The summed E-state index contributed by atoms with van der Waals surface area (Å²) >= 11 is 0. The molecule has 0 aliphatic rings. The van der Waals surface area contributed by atoms with E-state index in [4.69, 9.17) is 4.74 Å². The molecule has 1 N–H and O–H groups in total. The van der Waals surface area contributed by atoms with Crippen LogP contribution in [0.3, 0.4) is 0 Å². The topological polar surface area (TPSA) is 64.6 Å². The Kier molecular flexibility index (Phi) is 7.15. The molecule has 0 amide bonds. The molecule has 2 aromatic carbocycles. The number of nitrogens with one attached hydrogen (secondary N) is 1. The molecule has 27 heavy (non-hydrogen) atoms. The Balaban J connectivity index is 2.00. The van der Waals surface area contributed by atoms with Crippen LogP contribution in [0.5, 0.6) is 11.5 Å². The van der Waals surface area contributed by atoms with Crippen LogP contribution in [0.25, 0.3) is 0 Å². The van der Waals surface area contributed by atoms with E-state index < -0.39 is 16.6 Å². The Morgan fingerprint density at radius 2 is 1.70 bits per heavy atom. The van der Waals surface area contributed by atoms with Gasteiger partial charge in [-0.3, -0.25) is 0 Å². The molecule has 0 atom stereocenters. The summed E-state index contributed by atoms with van der Waals surface area (Å²) < 4.78 is 61.4. The summed E-state index contributed by atoms with van der Waals surface area (Å²) in [7, 11) is -2.27. The highest BCUT2D eigenvalue weighted by molar-refractivity contribution is 7.89.